The van der Waals surface area contributed by atoms with E-state index < -0.39 is 10.0 Å². The molecule has 124 valence electrons. The molecule has 0 radical (unpaired) electrons. The average molecular weight is 393 g/mol. The number of hydrogen-bond acceptors (Lipinski definition) is 4. The van der Waals surface area contributed by atoms with E-state index in [1.165, 1.54) is 4.31 Å². The van der Waals surface area contributed by atoms with E-state index in [0.29, 0.717) is 18.8 Å². The highest BCUT2D eigenvalue weighted by Crippen LogP contribution is 2.20. The molecule has 0 aromatic heterocycles. The predicted molar refractivity (Wildman–Crippen MR) is 90.5 cm³/mol. The molecule has 0 heterocycles. The number of amides is 1. The van der Waals surface area contributed by atoms with Crippen molar-refractivity contribution in [2.45, 2.75) is 12.8 Å². The number of sulfonamides is 1. The number of ether oxygens (including phenoxy) is 1. The molecule has 0 saturated heterocycles. The molecule has 1 rings (SSSR count). The first-order valence-electron chi connectivity index (χ1n) is 6.83. The van der Waals surface area contributed by atoms with Crippen molar-refractivity contribution in [1.29, 1.82) is 0 Å². The van der Waals surface area contributed by atoms with E-state index >= 15 is 0 Å². The zero-order chi connectivity index (χ0) is 16.6. The summed E-state index contributed by atoms with van der Waals surface area (Å²) in [6.45, 7) is 1.20. The Morgan fingerprint density at radius 2 is 1.95 bits per heavy atom. The Morgan fingerprint density at radius 3 is 2.50 bits per heavy atom. The van der Waals surface area contributed by atoms with Crippen LogP contribution in [-0.2, 0) is 19.6 Å². The number of hydrogen-bond donors (Lipinski definition) is 1. The molecular formula is C14H21BrN2O4S. The fourth-order valence-electron chi connectivity index (χ4n) is 1.83. The van der Waals surface area contributed by atoms with Crippen LogP contribution in [0.2, 0.25) is 0 Å². The highest BCUT2D eigenvalue weighted by atomic mass is 79.9. The van der Waals surface area contributed by atoms with Crippen molar-refractivity contribution < 1.29 is 17.9 Å². The van der Waals surface area contributed by atoms with Gasteiger partial charge in [0.1, 0.15) is 0 Å². The molecule has 0 atom stereocenters. The molecule has 1 aromatic carbocycles. The lowest BCUT2D eigenvalue weighted by atomic mass is 10.3. The molecule has 0 aliphatic heterocycles. The maximum atomic E-state index is 11.9. The van der Waals surface area contributed by atoms with Crippen LogP contribution in [0.15, 0.2) is 28.7 Å². The van der Waals surface area contributed by atoms with Gasteiger partial charge in [-0.3, -0.25) is 9.10 Å². The highest BCUT2D eigenvalue weighted by Gasteiger charge is 2.18. The Balaban J connectivity index is 2.60. The zero-order valence-electron chi connectivity index (χ0n) is 12.7. The molecule has 8 heteroatoms. The summed E-state index contributed by atoms with van der Waals surface area (Å²) in [5.74, 6) is -0.179. The van der Waals surface area contributed by atoms with Gasteiger partial charge >= 0.3 is 0 Å². The SMILES string of the molecule is COCCCNC(=O)CCN(c1ccc(Br)cc1)S(C)(=O)=O. The van der Waals surface area contributed by atoms with E-state index in [-0.39, 0.29) is 18.9 Å². The maximum absolute atomic E-state index is 11.9. The zero-order valence-corrected chi connectivity index (χ0v) is 15.1. The highest BCUT2D eigenvalue weighted by molar-refractivity contribution is 9.10. The van der Waals surface area contributed by atoms with Gasteiger partial charge in [0.15, 0.2) is 0 Å². The van der Waals surface area contributed by atoms with Gasteiger partial charge in [0.25, 0.3) is 0 Å². The van der Waals surface area contributed by atoms with Crippen LogP contribution in [0, 0.1) is 0 Å². The number of carbonyl (C=O) groups is 1. The second-order valence-corrected chi connectivity index (χ2v) is 7.58. The van der Waals surface area contributed by atoms with Gasteiger partial charge in [-0.05, 0) is 30.7 Å². The Hall–Kier alpha value is -1.12. The molecule has 0 fully saturated rings. The minimum Gasteiger partial charge on any atom is -0.385 e. The molecule has 0 saturated carbocycles. The maximum Gasteiger partial charge on any atom is 0.232 e. The summed E-state index contributed by atoms with van der Waals surface area (Å²) >= 11 is 3.31. The first kappa shape index (κ1) is 18.9. The average Bonchev–Trinajstić information content (AvgIpc) is 2.44. The van der Waals surface area contributed by atoms with Gasteiger partial charge in [0.2, 0.25) is 15.9 Å². The Bertz CT molecular complexity index is 575. The molecule has 0 aliphatic carbocycles. The van der Waals surface area contributed by atoms with E-state index in [2.05, 4.69) is 21.2 Å². The molecule has 0 bridgehead atoms. The lowest BCUT2D eigenvalue weighted by Crippen LogP contribution is -2.35. The molecule has 1 N–H and O–H groups in total. The number of carbonyl (C=O) groups excluding carboxylic acids is 1. The van der Waals surface area contributed by atoms with Crippen molar-refractivity contribution >= 4 is 37.5 Å². The standard InChI is InChI=1S/C14H21BrN2O4S/c1-21-11-3-9-16-14(18)8-10-17(22(2,19)20)13-6-4-12(15)5-7-13/h4-7H,3,8-11H2,1-2H3,(H,16,18). The smallest absolute Gasteiger partial charge is 0.232 e. The quantitative estimate of drug-likeness (QED) is 0.649. The number of anilines is 1. The third kappa shape index (κ3) is 6.76. The Kier molecular flexibility index (Phi) is 7.84. The van der Waals surface area contributed by atoms with Gasteiger partial charge in [-0.2, -0.15) is 0 Å². The van der Waals surface area contributed by atoms with E-state index in [1.54, 1.807) is 31.4 Å². The largest absolute Gasteiger partial charge is 0.385 e. The second-order valence-electron chi connectivity index (χ2n) is 4.76. The summed E-state index contributed by atoms with van der Waals surface area (Å²) in [4.78, 5) is 11.7. The fourth-order valence-corrected chi connectivity index (χ4v) is 3.02. The first-order chi connectivity index (χ1) is 10.3. The summed E-state index contributed by atoms with van der Waals surface area (Å²) in [6, 6.07) is 6.92. The van der Waals surface area contributed by atoms with E-state index in [1.807, 2.05) is 0 Å². The normalized spacial score (nSPS) is 11.2. The predicted octanol–water partition coefficient (Wildman–Crippen LogP) is 1.76. The monoisotopic (exact) mass is 392 g/mol. The lowest BCUT2D eigenvalue weighted by molar-refractivity contribution is -0.120. The third-order valence-corrected chi connectivity index (χ3v) is 4.63. The third-order valence-electron chi connectivity index (χ3n) is 2.90. The molecule has 1 amide bonds. The van der Waals surface area contributed by atoms with Crippen LogP contribution in [0.5, 0.6) is 0 Å². The van der Waals surface area contributed by atoms with Crippen LogP contribution in [-0.4, -0.2) is 47.4 Å². The summed E-state index contributed by atoms with van der Waals surface area (Å²) in [5.41, 5.74) is 0.540. The van der Waals surface area contributed by atoms with Crippen molar-refractivity contribution in [3.8, 4) is 0 Å². The van der Waals surface area contributed by atoms with E-state index in [0.717, 1.165) is 17.1 Å². The number of benzene rings is 1. The Morgan fingerprint density at radius 1 is 1.32 bits per heavy atom. The van der Waals surface area contributed by atoms with Gasteiger partial charge in [0, 0.05) is 37.7 Å². The number of methoxy groups -OCH3 is 1. The summed E-state index contributed by atoms with van der Waals surface area (Å²) < 4.78 is 30.8. The van der Waals surface area contributed by atoms with Crippen LogP contribution in [0.4, 0.5) is 5.69 Å². The van der Waals surface area contributed by atoms with E-state index in [9.17, 15) is 13.2 Å². The van der Waals surface area contributed by atoms with Gasteiger partial charge in [0.05, 0.1) is 11.9 Å². The van der Waals surface area contributed by atoms with Crippen LogP contribution in [0.25, 0.3) is 0 Å². The van der Waals surface area contributed by atoms with Gasteiger partial charge in [-0.15, -0.1) is 0 Å². The lowest BCUT2D eigenvalue weighted by Gasteiger charge is -2.22. The van der Waals surface area contributed by atoms with Crippen molar-refractivity contribution in [3.05, 3.63) is 28.7 Å². The first-order valence-corrected chi connectivity index (χ1v) is 9.47. The van der Waals surface area contributed by atoms with Crippen molar-refractivity contribution in [3.63, 3.8) is 0 Å². The number of nitrogens with one attached hydrogen (secondary N) is 1. The van der Waals surface area contributed by atoms with Crippen LogP contribution in [0.1, 0.15) is 12.8 Å². The van der Waals surface area contributed by atoms with Gasteiger partial charge in [-0.25, -0.2) is 8.42 Å². The molecule has 0 aliphatic rings. The number of halogens is 1. The minimum absolute atomic E-state index is 0.107. The molecule has 0 unspecified atom stereocenters. The molecular weight excluding hydrogens is 372 g/mol. The molecule has 6 nitrogen and oxygen atoms in total. The van der Waals surface area contributed by atoms with E-state index in [4.69, 9.17) is 4.74 Å². The summed E-state index contributed by atoms with van der Waals surface area (Å²) in [6.07, 6.45) is 1.96. The number of nitrogens with zero attached hydrogens (tertiary/aromatic N) is 1. The van der Waals surface area contributed by atoms with Crippen LogP contribution < -0.4 is 9.62 Å². The van der Waals surface area contributed by atoms with Crippen molar-refractivity contribution in [2.24, 2.45) is 0 Å². The minimum atomic E-state index is -3.44. The van der Waals surface area contributed by atoms with Crippen molar-refractivity contribution in [2.75, 3.05) is 37.4 Å². The molecule has 22 heavy (non-hydrogen) atoms. The van der Waals surface area contributed by atoms with Gasteiger partial charge < -0.3 is 10.1 Å². The van der Waals surface area contributed by atoms with Crippen LogP contribution >= 0.6 is 15.9 Å². The Labute approximate surface area is 140 Å². The van der Waals surface area contributed by atoms with Gasteiger partial charge in [-0.1, -0.05) is 15.9 Å². The molecule has 1 aromatic rings. The summed E-state index contributed by atoms with van der Waals surface area (Å²) in [7, 11) is -1.84. The summed E-state index contributed by atoms with van der Waals surface area (Å²) in [5, 5.41) is 2.74. The fraction of sp³-hybridized carbons (Fsp3) is 0.500. The second kappa shape index (κ2) is 9.12. The topological polar surface area (TPSA) is 75.7 Å². The molecule has 0 spiro atoms. The van der Waals surface area contributed by atoms with Crippen molar-refractivity contribution in [1.82, 2.24) is 5.32 Å². The van der Waals surface area contributed by atoms with Crippen LogP contribution in [0.3, 0.4) is 0 Å². The number of rotatable bonds is 9.